The summed E-state index contributed by atoms with van der Waals surface area (Å²) in [5.74, 6) is -0.321. The number of nitrogens with zero attached hydrogens (tertiary/aromatic N) is 2. The van der Waals surface area contributed by atoms with Gasteiger partial charge in [-0.25, -0.2) is 13.1 Å². The molecule has 0 aromatic carbocycles. The summed E-state index contributed by atoms with van der Waals surface area (Å²) in [6.45, 7) is 5.21. The molecule has 10 heteroatoms. The standard InChI is InChI=1S/C9H17N5O3S2/c1-3-10-5-4-6-11-19(16,17)9-14-13-8(18-9)12-7(2)15/h10-11H,3-6H2,1-2H3,(H,12,13,15). The van der Waals surface area contributed by atoms with E-state index in [9.17, 15) is 13.2 Å². The second-order valence-electron chi connectivity index (χ2n) is 3.66. The zero-order valence-corrected chi connectivity index (χ0v) is 12.4. The van der Waals surface area contributed by atoms with E-state index in [2.05, 4.69) is 25.6 Å². The molecule has 0 bridgehead atoms. The van der Waals surface area contributed by atoms with Gasteiger partial charge < -0.3 is 10.6 Å². The van der Waals surface area contributed by atoms with Crippen LogP contribution in [0.2, 0.25) is 0 Å². The molecule has 3 N–H and O–H groups in total. The summed E-state index contributed by atoms with van der Waals surface area (Å²) >= 11 is 0.816. The van der Waals surface area contributed by atoms with E-state index in [0.717, 1.165) is 24.4 Å². The monoisotopic (exact) mass is 307 g/mol. The van der Waals surface area contributed by atoms with Gasteiger partial charge in [0.2, 0.25) is 15.4 Å². The number of amides is 1. The van der Waals surface area contributed by atoms with Crippen LogP contribution in [-0.2, 0) is 14.8 Å². The van der Waals surface area contributed by atoms with E-state index in [4.69, 9.17) is 0 Å². The Bertz CT molecular complexity index is 514. The fourth-order valence-electron chi connectivity index (χ4n) is 1.18. The molecule has 0 spiro atoms. The van der Waals surface area contributed by atoms with E-state index < -0.39 is 10.0 Å². The molecular formula is C9H17N5O3S2. The summed E-state index contributed by atoms with van der Waals surface area (Å²) in [6.07, 6.45) is 0.685. The molecule has 0 radical (unpaired) electrons. The molecule has 0 aliphatic rings. The highest BCUT2D eigenvalue weighted by molar-refractivity contribution is 7.91. The van der Waals surface area contributed by atoms with Crippen molar-refractivity contribution < 1.29 is 13.2 Å². The largest absolute Gasteiger partial charge is 0.317 e. The van der Waals surface area contributed by atoms with Gasteiger partial charge in [0.15, 0.2) is 0 Å². The highest BCUT2D eigenvalue weighted by Crippen LogP contribution is 2.19. The van der Waals surface area contributed by atoms with Crippen molar-refractivity contribution in [3.05, 3.63) is 0 Å². The number of carbonyl (C=O) groups excluding carboxylic acids is 1. The van der Waals surface area contributed by atoms with Gasteiger partial charge in [0, 0.05) is 13.5 Å². The van der Waals surface area contributed by atoms with Crippen molar-refractivity contribution in [3.8, 4) is 0 Å². The van der Waals surface area contributed by atoms with Gasteiger partial charge in [0.05, 0.1) is 0 Å². The quantitative estimate of drug-likeness (QED) is 0.452. The summed E-state index contributed by atoms with van der Waals surface area (Å²) in [6, 6.07) is 0. The van der Waals surface area contributed by atoms with Crippen molar-refractivity contribution in [2.24, 2.45) is 0 Å². The van der Waals surface area contributed by atoms with Crippen LogP contribution in [0.5, 0.6) is 0 Å². The van der Waals surface area contributed by atoms with Crippen LogP contribution in [0.15, 0.2) is 4.34 Å². The van der Waals surface area contributed by atoms with Crippen molar-refractivity contribution in [2.75, 3.05) is 25.0 Å². The average Bonchev–Trinajstić information content (AvgIpc) is 2.77. The maximum atomic E-state index is 11.8. The first-order chi connectivity index (χ1) is 8.95. The molecule has 8 nitrogen and oxygen atoms in total. The maximum Gasteiger partial charge on any atom is 0.269 e. The first-order valence-corrected chi connectivity index (χ1v) is 8.07. The molecule has 0 aliphatic heterocycles. The smallest absolute Gasteiger partial charge is 0.269 e. The molecule has 19 heavy (non-hydrogen) atoms. The number of hydrogen-bond donors (Lipinski definition) is 3. The Hall–Kier alpha value is -1.10. The zero-order valence-electron chi connectivity index (χ0n) is 10.8. The molecule has 0 atom stereocenters. The third kappa shape index (κ3) is 5.59. The topological polar surface area (TPSA) is 113 Å². The van der Waals surface area contributed by atoms with Crippen molar-refractivity contribution >= 4 is 32.4 Å². The molecule has 0 fully saturated rings. The van der Waals surface area contributed by atoms with Crippen LogP contribution in [0, 0.1) is 0 Å². The van der Waals surface area contributed by atoms with E-state index in [0.29, 0.717) is 13.0 Å². The fraction of sp³-hybridized carbons (Fsp3) is 0.667. The number of hydrogen-bond acceptors (Lipinski definition) is 7. The first kappa shape index (κ1) is 16.0. The third-order valence-electron chi connectivity index (χ3n) is 1.99. The first-order valence-electron chi connectivity index (χ1n) is 5.77. The Balaban J connectivity index is 2.52. The minimum Gasteiger partial charge on any atom is -0.317 e. The Labute approximate surface area is 116 Å². The lowest BCUT2D eigenvalue weighted by Crippen LogP contribution is -2.27. The zero-order chi connectivity index (χ0) is 14.3. The lowest BCUT2D eigenvalue weighted by Gasteiger charge is -2.03. The molecule has 1 rings (SSSR count). The van der Waals surface area contributed by atoms with Crippen LogP contribution in [0.4, 0.5) is 5.13 Å². The third-order valence-corrected chi connectivity index (χ3v) is 4.66. The fourth-order valence-corrected chi connectivity index (χ4v) is 3.24. The molecule has 1 aromatic rings. The number of nitrogens with one attached hydrogen (secondary N) is 3. The lowest BCUT2D eigenvalue weighted by molar-refractivity contribution is -0.114. The minimum atomic E-state index is -3.65. The van der Waals surface area contributed by atoms with Gasteiger partial charge in [0.1, 0.15) is 0 Å². The van der Waals surface area contributed by atoms with Gasteiger partial charge in [0.25, 0.3) is 10.0 Å². The average molecular weight is 307 g/mol. The lowest BCUT2D eigenvalue weighted by atomic mass is 10.4. The van der Waals surface area contributed by atoms with Crippen LogP contribution >= 0.6 is 11.3 Å². The van der Waals surface area contributed by atoms with E-state index in [-0.39, 0.29) is 15.4 Å². The molecule has 0 saturated heterocycles. The van der Waals surface area contributed by atoms with E-state index in [1.807, 2.05) is 6.92 Å². The predicted molar refractivity (Wildman–Crippen MR) is 72.6 cm³/mol. The molecule has 1 aromatic heterocycles. The summed E-state index contributed by atoms with van der Waals surface area (Å²) in [7, 11) is -3.65. The van der Waals surface area contributed by atoms with Gasteiger partial charge in [-0.3, -0.25) is 4.79 Å². The van der Waals surface area contributed by atoms with Crippen LogP contribution in [0.25, 0.3) is 0 Å². The van der Waals surface area contributed by atoms with Crippen molar-refractivity contribution in [3.63, 3.8) is 0 Å². The molecule has 1 heterocycles. The second kappa shape index (κ2) is 7.48. The SMILES string of the molecule is CCNCCCNS(=O)(=O)c1nnc(NC(C)=O)s1. The summed E-state index contributed by atoms with van der Waals surface area (Å²) < 4.78 is 25.9. The number of sulfonamides is 1. The van der Waals surface area contributed by atoms with E-state index in [1.54, 1.807) is 0 Å². The van der Waals surface area contributed by atoms with Crippen molar-refractivity contribution in [1.29, 1.82) is 0 Å². The molecule has 108 valence electrons. The molecule has 0 aliphatic carbocycles. The van der Waals surface area contributed by atoms with Crippen molar-refractivity contribution in [2.45, 2.75) is 24.6 Å². The molecular weight excluding hydrogens is 290 g/mol. The summed E-state index contributed by atoms with van der Waals surface area (Å²) in [4.78, 5) is 10.8. The summed E-state index contributed by atoms with van der Waals surface area (Å²) in [5, 5.41) is 12.8. The van der Waals surface area contributed by atoms with Crippen molar-refractivity contribution in [1.82, 2.24) is 20.2 Å². The van der Waals surface area contributed by atoms with Gasteiger partial charge in [-0.15, -0.1) is 10.2 Å². The highest BCUT2D eigenvalue weighted by Gasteiger charge is 2.19. The molecule has 0 saturated carbocycles. The number of carbonyl (C=O) groups is 1. The van der Waals surface area contributed by atoms with Crippen LogP contribution < -0.4 is 15.4 Å². The van der Waals surface area contributed by atoms with Gasteiger partial charge >= 0.3 is 0 Å². The van der Waals surface area contributed by atoms with Crippen LogP contribution in [0.3, 0.4) is 0 Å². The molecule has 0 unspecified atom stereocenters. The van der Waals surface area contributed by atoms with E-state index in [1.165, 1.54) is 6.92 Å². The predicted octanol–water partition coefficient (Wildman–Crippen LogP) is -0.226. The Morgan fingerprint density at radius 2 is 2.05 bits per heavy atom. The van der Waals surface area contributed by atoms with E-state index >= 15 is 0 Å². The van der Waals surface area contributed by atoms with Crippen LogP contribution in [-0.4, -0.2) is 44.2 Å². The highest BCUT2D eigenvalue weighted by atomic mass is 32.2. The van der Waals surface area contributed by atoms with Gasteiger partial charge in [-0.1, -0.05) is 18.3 Å². The molecule has 1 amide bonds. The normalized spacial score (nSPS) is 11.5. The van der Waals surface area contributed by atoms with Gasteiger partial charge in [-0.05, 0) is 19.5 Å². The summed E-state index contributed by atoms with van der Waals surface area (Å²) in [5.41, 5.74) is 0. The Kier molecular flexibility index (Phi) is 6.28. The van der Waals surface area contributed by atoms with Gasteiger partial charge in [-0.2, -0.15) is 0 Å². The Morgan fingerprint density at radius 3 is 2.68 bits per heavy atom. The number of anilines is 1. The number of aromatic nitrogens is 2. The number of rotatable bonds is 8. The minimum absolute atomic E-state index is 0.153. The second-order valence-corrected chi connectivity index (χ2v) is 6.58. The maximum absolute atomic E-state index is 11.8. The van der Waals surface area contributed by atoms with Crippen LogP contribution in [0.1, 0.15) is 20.3 Å². The Morgan fingerprint density at radius 1 is 1.32 bits per heavy atom.